The number of nitrogens with zero attached hydrogens (tertiary/aromatic N) is 6. The van der Waals surface area contributed by atoms with Crippen molar-refractivity contribution in [2.24, 2.45) is 10.1 Å². The van der Waals surface area contributed by atoms with Crippen LogP contribution >= 0.6 is 35.0 Å². The van der Waals surface area contributed by atoms with Gasteiger partial charge in [0.05, 0.1) is 10.0 Å². The van der Waals surface area contributed by atoms with E-state index in [1.54, 1.807) is 25.1 Å². The third-order valence-electron chi connectivity index (χ3n) is 10.1. The van der Waals surface area contributed by atoms with E-state index in [1.807, 2.05) is 40.8 Å². The van der Waals surface area contributed by atoms with E-state index in [0.29, 0.717) is 47.4 Å². The average molecular weight is 831 g/mol. The standard InChI is InChI=1S/C37H57Cl2N7O4S3/c1-7-43(8-2)20-22-45(11-5)52(47,48)33-25-28(18-19-32(33)38)31-24-29(37-42-41-35(51-37)27-40-30-16-14-13-15-17-30)26-34(36(31)39)53(49,50)46(12-6)23-21-44(9-3)10-4/h18-19,24-27,30,35,41H,7-17,20-23H2,1-6H3. The number of hydrogen-bond donors (Lipinski definition) is 1. The van der Waals surface area contributed by atoms with Crippen LogP contribution in [0.2, 0.25) is 10.0 Å². The lowest BCUT2D eigenvalue weighted by atomic mass is 9.96. The number of thioether (sulfide) groups is 1. The minimum absolute atomic E-state index is 0.00144. The lowest BCUT2D eigenvalue weighted by Gasteiger charge is -2.26. The molecular weight excluding hydrogens is 774 g/mol. The van der Waals surface area contributed by atoms with Gasteiger partial charge in [-0.2, -0.15) is 13.7 Å². The first-order chi connectivity index (χ1) is 25.3. The Hall–Kier alpha value is -1.75. The summed E-state index contributed by atoms with van der Waals surface area (Å²) < 4.78 is 60.0. The van der Waals surface area contributed by atoms with E-state index in [9.17, 15) is 16.8 Å². The van der Waals surface area contributed by atoms with Gasteiger partial charge in [0.25, 0.3) is 0 Å². The lowest BCUT2D eigenvalue weighted by molar-refractivity contribution is 0.274. The van der Waals surface area contributed by atoms with Crippen LogP contribution in [0.5, 0.6) is 0 Å². The third kappa shape index (κ3) is 11.0. The number of benzene rings is 2. The second-order valence-corrected chi connectivity index (χ2v) is 18.9. The highest BCUT2D eigenvalue weighted by molar-refractivity contribution is 8.15. The molecule has 4 rings (SSSR count). The fourth-order valence-corrected chi connectivity index (χ4v) is 11.5. The Bertz CT molecular complexity index is 1800. The van der Waals surface area contributed by atoms with Crippen molar-refractivity contribution in [2.45, 2.75) is 94.9 Å². The van der Waals surface area contributed by atoms with Crippen molar-refractivity contribution in [3.63, 3.8) is 0 Å². The minimum Gasteiger partial charge on any atom is -0.303 e. The predicted molar refractivity (Wildman–Crippen MR) is 223 cm³/mol. The van der Waals surface area contributed by atoms with Crippen LogP contribution in [-0.2, 0) is 20.0 Å². The molecular formula is C37H57Cl2N7O4S3. The van der Waals surface area contributed by atoms with Gasteiger partial charge in [-0.1, -0.05) is 102 Å². The van der Waals surface area contributed by atoms with Crippen molar-refractivity contribution in [1.82, 2.24) is 23.8 Å². The summed E-state index contributed by atoms with van der Waals surface area (Å²) in [6.07, 6.45) is 7.67. The van der Waals surface area contributed by atoms with Crippen LogP contribution in [0, 0.1) is 0 Å². The van der Waals surface area contributed by atoms with Gasteiger partial charge in [-0.05, 0) is 68.8 Å². The topological polar surface area (TPSA) is 118 Å². The Morgan fingerprint density at radius 1 is 0.755 bits per heavy atom. The van der Waals surface area contributed by atoms with E-state index in [4.69, 9.17) is 28.2 Å². The monoisotopic (exact) mass is 829 g/mol. The molecule has 0 aromatic heterocycles. The summed E-state index contributed by atoms with van der Waals surface area (Å²) in [6.45, 7) is 17.3. The van der Waals surface area contributed by atoms with Crippen LogP contribution < -0.4 is 5.43 Å². The van der Waals surface area contributed by atoms with Gasteiger partial charge in [0.15, 0.2) is 0 Å². The molecule has 0 amide bonds. The molecule has 1 N–H and O–H groups in total. The molecule has 1 atom stereocenters. The maximum absolute atomic E-state index is 14.5. The molecule has 2 aromatic carbocycles. The average Bonchev–Trinajstić information content (AvgIpc) is 3.64. The molecule has 0 bridgehead atoms. The van der Waals surface area contributed by atoms with Crippen LogP contribution in [0.15, 0.2) is 50.2 Å². The molecule has 2 aromatic rings. The molecule has 296 valence electrons. The number of sulfonamides is 2. The van der Waals surface area contributed by atoms with Crippen molar-refractivity contribution in [1.29, 1.82) is 0 Å². The number of rotatable bonds is 20. The van der Waals surface area contributed by atoms with Gasteiger partial charge in [-0.3, -0.25) is 10.4 Å². The molecule has 0 saturated heterocycles. The molecule has 0 spiro atoms. The van der Waals surface area contributed by atoms with E-state index in [2.05, 4.69) is 20.3 Å². The zero-order valence-corrected chi connectivity index (χ0v) is 36.0. The highest BCUT2D eigenvalue weighted by Gasteiger charge is 2.32. The third-order valence-corrected chi connectivity index (χ3v) is 16.1. The van der Waals surface area contributed by atoms with Gasteiger partial charge in [0.2, 0.25) is 20.0 Å². The Labute approximate surface area is 332 Å². The van der Waals surface area contributed by atoms with Crippen LogP contribution in [0.3, 0.4) is 0 Å². The van der Waals surface area contributed by atoms with Gasteiger partial charge >= 0.3 is 0 Å². The second kappa shape index (κ2) is 20.4. The molecule has 1 saturated carbocycles. The van der Waals surface area contributed by atoms with Gasteiger partial charge in [-0.25, -0.2) is 16.8 Å². The van der Waals surface area contributed by atoms with Crippen LogP contribution in [0.4, 0.5) is 0 Å². The van der Waals surface area contributed by atoms with E-state index in [0.717, 1.165) is 39.0 Å². The maximum atomic E-state index is 14.5. The minimum atomic E-state index is -4.09. The van der Waals surface area contributed by atoms with Crippen molar-refractivity contribution in [2.75, 3.05) is 65.4 Å². The number of hydrogen-bond acceptors (Lipinski definition) is 10. The fourth-order valence-electron chi connectivity index (χ4n) is 6.67. The Morgan fingerprint density at radius 2 is 1.30 bits per heavy atom. The van der Waals surface area contributed by atoms with Crippen LogP contribution in [0.25, 0.3) is 11.1 Å². The number of aliphatic imine (C=N–C) groups is 1. The molecule has 1 aliphatic carbocycles. The Balaban J connectivity index is 1.79. The Kier molecular flexibility index (Phi) is 16.9. The summed E-state index contributed by atoms with van der Waals surface area (Å²) in [5.41, 5.74) is 4.47. The van der Waals surface area contributed by atoms with E-state index >= 15 is 0 Å². The van der Waals surface area contributed by atoms with Crippen LogP contribution in [0.1, 0.15) is 79.2 Å². The summed E-state index contributed by atoms with van der Waals surface area (Å²) in [4.78, 5) is 9.03. The zero-order chi connectivity index (χ0) is 38.8. The molecule has 11 nitrogen and oxygen atoms in total. The van der Waals surface area contributed by atoms with E-state index in [-0.39, 0.29) is 44.8 Å². The number of nitrogens with one attached hydrogen (secondary N) is 1. The maximum Gasteiger partial charge on any atom is 0.244 e. The molecule has 1 fully saturated rings. The smallest absolute Gasteiger partial charge is 0.244 e. The molecule has 16 heteroatoms. The quantitative estimate of drug-likeness (QED) is 0.141. The van der Waals surface area contributed by atoms with Crippen molar-refractivity contribution < 1.29 is 16.8 Å². The molecule has 1 aliphatic heterocycles. The molecule has 1 unspecified atom stereocenters. The first-order valence-corrected chi connectivity index (χ1v) is 23.5. The number of hydrazone groups is 1. The van der Waals surface area contributed by atoms with Gasteiger partial charge in [0, 0.05) is 62.7 Å². The largest absolute Gasteiger partial charge is 0.303 e. The highest BCUT2D eigenvalue weighted by Crippen LogP contribution is 2.40. The van der Waals surface area contributed by atoms with Gasteiger partial charge in [-0.15, -0.1) is 0 Å². The van der Waals surface area contributed by atoms with Gasteiger partial charge in [0.1, 0.15) is 20.2 Å². The zero-order valence-electron chi connectivity index (χ0n) is 32.0. The number of likely N-dealkylation sites (N-methyl/N-ethyl adjacent to an activating group) is 4. The van der Waals surface area contributed by atoms with Crippen molar-refractivity contribution in [3.05, 3.63) is 45.9 Å². The van der Waals surface area contributed by atoms with Crippen molar-refractivity contribution >= 4 is 66.3 Å². The predicted octanol–water partition coefficient (Wildman–Crippen LogP) is 7.09. The fraction of sp³-hybridized carbons (Fsp3) is 0.622. The summed E-state index contributed by atoms with van der Waals surface area (Å²) in [7, 11) is -8.11. The summed E-state index contributed by atoms with van der Waals surface area (Å²) in [6, 6.07) is 8.37. The number of halogens is 2. The van der Waals surface area contributed by atoms with Gasteiger partial charge < -0.3 is 9.80 Å². The summed E-state index contributed by atoms with van der Waals surface area (Å²) in [5, 5.41) is 5.04. The summed E-state index contributed by atoms with van der Waals surface area (Å²) >= 11 is 15.2. The first-order valence-electron chi connectivity index (χ1n) is 19.0. The highest BCUT2D eigenvalue weighted by atomic mass is 35.5. The molecule has 1 heterocycles. The normalized spacial score (nSPS) is 17.5. The van der Waals surface area contributed by atoms with E-state index in [1.165, 1.54) is 51.8 Å². The second-order valence-electron chi connectivity index (χ2n) is 13.2. The van der Waals surface area contributed by atoms with Crippen LogP contribution in [-0.4, -0.2) is 123 Å². The first kappa shape index (κ1) is 44.0. The lowest BCUT2D eigenvalue weighted by Crippen LogP contribution is -2.38. The van der Waals surface area contributed by atoms with Crippen molar-refractivity contribution in [3.8, 4) is 11.1 Å². The molecule has 2 aliphatic rings. The van der Waals surface area contributed by atoms with E-state index < -0.39 is 20.0 Å². The summed E-state index contributed by atoms with van der Waals surface area (Å²) in [5.74, 6) is 0. The SMILES string of the molecule is CCN(CC)CCN(CC)S(=O)(=O)c1cc(-c2cc(C3=NNC(C=NC4CCCCC4)S3)cc(S(=O)(=O)N(CC)CCN(CC)CC)c2Cl)ccc1Cl. The molecule has 0 radical (unpaired) electrons. The Morgan fingerprint density at radius 3 is 1.85 bits per heavy atom. The molecule has 53 heavy (non-hydrogen) atoms.